The second-order valence-corrected chi connectivity index (χ2v) is 8.18. The number of thiazole rings is 1. The van der Waals surface area contributed by atoms with Gasteiger partial charge in [0.15, 0.2) is 18.1 Å². The van der Waals surface area contributed by atoms with Gasteiger partial charge in [0.25, 0.3) is 5.91 Å². The number of halogens is 1. The number of carbonyl (C=O) groups is 1. The van der Waals surface area contributed by atoms with Crippen LogP contribution in [0.3, 0.4) is 0 Å². The van der Waals surface area contributed by atoms with E-state index in [-0.39, 0.29) is 29.8 Å². The van der Waals surface area contributed by atoms with Crippen LogP contribution >= 0.6 is 11.3 Å². The molecule has 0 spiro atoms. The zero-order valence-corrected chi connectivity index (χ0v) is 18.3. The third kappa shape index (κ3) is 4.39. The second-order valence-electron chi connectivity index (χ2n) is 7.34. The van der Waals surface area contributed by atoms with E-state index in [1.54, 1.807) is 35.0 Å². The highest BCUT2D eigenvalue weighted by Gasteiger charge is 2.18. The number of anilines is 1. The lowest BCUT2D eigenvalue weighted by molar-refractivity contribution is -0.118. The van der Waals surface area contributed by atoms with Crippen LogP contribution in [0.1, 0.15) is 5.56 Å². The van der Waals surface area contributed by atoms with Crippen LogP contribution in [0.15, 0.2) is 76.1 Å². The largest absolute Gasteiger partial charge is 0.504 e. The summed E-state index contributed by atoms with van der Waals surface area (Å²) in [7, 11) is 0. The van der Waals surface area contributed by atoms with Crippen molar-refractivity contribution in [1.29, 1.82) is 0 Å². The maximum atomic E-state index is 13.3. The Morgan fingerprint density at radius 1 is 1.06 bits per heavy atom. The molecule has 0 fully saturated rings. The zero-order valence-electron chi connectivity index (χ0n) is 17.5. The van der Waals surface area contributed by atoms with Crippen molar-refractivity contribution >= 4 is 34.8 Å². The van der Waals surface area contributed by atoms with Crippen LogP contribution in [0, 0.1) is 5.82 Å². The number of nitrogens with zero attached hydrogens (tertiary/aromatic N) is 3. The maximum Gasteiger partial charge on any atom is 0.262 e. The zero-order chi connectivity index (χ0) is 23.7. The van der Waals surface area contributed by atoms with Crippen LogP contribution < -0.4 is 14.9 Å². The van der Waals surface area contributed by atoms with Crippen molar-refractivity contribution in [2.75, 3.05) is 11.9 Å². The van der Waals surface area contributed by atoms with Crippen molar-refractivity contribution in [3.05, 3.63) is 82.2 Å². The number of aromatic nitrogens is 1. The maximum absolute atomic E-state index is 13.3. The van der Waals surface area contributed by atoms with Gasteiger partial charge in [-0.15, -0.1) is 11.3 Å². The van der Waals surface area contributed by atoms with Gasteiger partial charge in [-0.2, -0.15) is 5.10 Å². The molecule has 0 aliphatic carbocycles. The smallest absolute Gasteiger partial charge is 0.262 e. The molecular weight excluding hydrogens is 459 g/mol. The summed E-state index contributed by atoms with van der Waals surface area (Å²) in [5.41, 5.74) is 3.10. The Morgan fingerprint density at radius 3 is 2.68 bits per heavy atom. The first-order chi connectivity index (χ1) is 16.5. The van der Waals surface area contributed by atoms with Crippen molar-refractivity contribution < 1.29 is 24.1 Å². The van der Waals surface area contributed by atoms with E-state index in [4.69, 9.17) is 4.74 Å². The summed E-state index contributed by atoms with van der Waals surface area (Å²) in [6, 6.07) is 15.5. The molecule has 1 aliphatic heterocycles. The van der Waals surface area contributed by atoms with E-state index in [0.29, 0.717) is 33.2 Å². The van der Waals surface area contributed by atoms with Gasteiger partial charge in [-0.3, -0.25) is 4.79 Å². The molecule has 0 saturated carbocycles. The number of hydrogen-bond donors (Lipinski definition) is 3. The Kier molecular flexibility index (Phi) is 5.56. The van der Waals surface area contributed by atoms with Gasteiger partial charge in [0.2, 0.25) is 4.80 Å². The molecule has 3 aromatic carbocycles. The highest BCUT2D eigenvalue weighted by Crippen LogP contribution is 2.33. The van der Waals surface area contributed by atoms with Gasteiger partial charge < -0.3 is 20.3 Å². The summed E-state index contributed by atoms with van der Waals surface area (Å²) in [6.45, 7) is -0.0325. The van der Waals surface area contributed by atoms with Crippen molar-refractivity contribution in [2.45, 2.75) is 0 Å². The van der Waals surface area contributed by atoms with E-state index in [2.05, 4.69) is 15.4 Å². The molecule has 0 saturated heterocycles. The van der Waals surface area contributed by atoms with Gasteiger partial charge in [-0.25, -0.2) is 14.1 Å². The predicted octanol–water partition coefficient (Wildman–Crippen LogP) is 4.21. The van der Waals surface area contributed by atoms with Gasteiger partial charge in [-0.05, 0) is 66.2 Å². The Balaban J connectivity index is 1.62. The molecule has 34 heavy (non-hydrogen) atoms. The molecule has 4 aromatic rings. The molecule has 1 aliphatic rings. The summed E-state index contributed by atoms with van der Waals surface area (Å²) in [6.07, 6.45) is 1.52. The SMILES string of the molecule is O=C1COc2ccc(-c3csc(=Nc4ccc(F)cc4)n3/N=C/c3ccc(O)c(O)c3)cc2N1. The van der Waals surface area contributed by atoms with Gasteiger partial charge in [0, 0.05) is 10.9 Å². The first-order valence-electron chi connectivity index (χ1n) is 10.1. The number of phenols is 2. The normalized spacial score (nSPS) is 13.6. The number of fused-ring (bicyclic) bond motifs is 1. The molecule has 5 rings (SSSR count). The molecule has 1 aromatic heterocycles. The summed E-state index contributed by atoms with van der Waals surface area (Å²) >= 11 is 1.33. The third-order valence-corrected chi connectivity index (χ3v) is 5.78. The van der Waals surface area contributed by atoms with Crippen molar-refractivity contribution in [2.24, 2.45) is 10.1 Å². The number of aromatic hydroxyl groups is 2. The number of amides is 1. The lowest BCUT2D eigenvalue weighted by Gasteiger charge is -2.18. The Morgan fingerprint density at radius 2 is 1.88 bits per heavy atom. The van der Waals surface area contributed by atoms with Crippen LogP contribution in [0.4, 0.5) is 15.8 Å². The summed E-state index contributed by atoms with van der Waals surface area (Å²) in [4.78, 5) is 16.8. The summed E-state index contributed by atoms with van der Waals surface area (Å²) in [5, 5.41) is 28.5. The number of hydrogen-bond acceptors (Lipinski definition) is 7. The molecule has 10 heteroatoms. The van der Waals surface area contributed by atoms with E-state index < -0.39 is 0 Å². The number of nitrogens with one attached hydrogen (secondary N) is 1. The molecule has 0 bridgehead atoms. The van der Waals surface area contributed by atoms with Crippen LogP contribution in [-0.2, 0) is 4.79 Å². The van der Waals surface area contributed by atoms with Gasteiger partial charge >= 0.3 is 0 Å². The van der Waals surface area contributed by atoms with Crippen LogP contribution in [0.25, 0.3) is 11.3 Å². The van der Waals surface area contributed by atoms with E-state index in [9.17, 15) is 19.4 Å². The fourth-order valence-corrected chi connectivity index (χ4v) is 4.16. The fourth-order valence-electron chi connectivity index (χ4n) is 3.30. The topological polar surface area (TPSA) is 108 Å². The lowest BCUT2D eigenvalue weighted by atomic mass is 10.1. The molecule has 8 nitrogen and oxygen atoms in total. The summed E-state index contributed by atoms with van der Waals surface area (Å²) < 4.78 is 20.4. The Hall–Kier alpha value is -4.44. The third-order valence-electron chi connectivity index (χ3n) is 4.97. The van der Waals surface area contributed by atoms with Gasteiger partial charge in [0.1, 0.15) is 11.6 Å². The van der Waals surface area contributed by atoms with E-state index in [0.717, 1.165) is 5.56 Å². The van der Waals surface area contributed by atoms with Gasteiger partial charge in [0.05, 0.1) is 23.3 Å². The number of rotatable bonds is 4. The van der Waals surface area contributed by atoms with E-state index in [1.165, 1.54) is 41.8 Å². The van der Waals surface area contributed by atoms with Gasteiger partial charge in [-0.1, -0.05) is 0 Å². The molecule has 0 unspecified atom stereocenters. The number of carbonyl (C=O) groups excluding carboxylic acids is 1. The average molecular weight is 476 g/mol. The minimum atomic E-state index is -0.359. The van der Waals surface area contributed by atoms with Crippen molar-refractivity contribution in [1.82, 2.24) is 4.68 Å². The van der Waals surface area contributed by atoms with E-state index >= 15 is 0 Å². The molecule has 2 heterocycles. The first-order valence-corrected chi connectivity index (χ1v) is 11.0. The molecule has 0 radical (unpaired) electrons. The summed E-state index contributed by atoms with van der Waals surface area (Å²) in [5.74, 6) is -0.515. The van der Waals surface area contributed by atoms with E-state index in [1.807, 2.05) is 11.4 Å². The number of ether oxygens (including phenoxy) is 1. The lowest BCUT2D eigenvalue weighted by Crippen LogP contribution is -2.25. The van der Waals surface area contributed by atoms with Crippen molar-refractivity contribution in [3.8, 4) is 28.5 Å². The monoisotopic (exact) mass is 476 g/mol. The minimum Gasteiger partial charge on any atom is -0.504 e. The molecule has 1 amide bonds. The Labute approximate surface area is 196 Å². The average Bonchev–Trinajstić information content (AvgIpc) is 3.23. The minimum absolute atomic E-state index is 0.0325. The first kappa shape index (κ1) is 21.4. The van der Waals surface area contributed by atoms with Crippen LogP contribution in [0.2, 0.25) is 0 Å². The predicted molar refractivity (Wildman–Crippen MR) is 126 cm³/mol. The van der Waals surface area contributed by atoms with Crippen LogP contribution in [0.5, 0.6) is 17.2 Å². The molecule has 0 atom stereocenters. The standard InChI is InChI=1S/C24H17FN4O4S/c25-16-3-5-17(6-4-16)27-24-29(26-11-14-1-7-20(30)21(31)9-14)19(13-34-24)15-2-8-22-18(10-15)28-23(32)12-33-22/h1-11,13,30-31H,12H2,(H,28,32)/b26-11+,27-24?. The Bertz CT molecular complexity index is 1490. The number of benzene rings is 3. The fraction of sp³-hybridized carbons (Fsp3) is 0.0417. The second kappa shape index (κ2) is 8.83. The van der Waals surface area contributed by atoms with Crippen molar-refractivity contribution in [3.63, 3.8) is 0 Å². The number of phenolic OH excluding ortho intramolecular Hbond substituents is 2. The quantitative estimate of drug-likeness (QED) is 0.303. The molecular formula is C24H17FN4O4S. The molecule has 170 valence electrons. The van der Waals surface area contributed by atoms with Crippen LogP contribution in [-0.4, -0.2) is 33.6 Å². The highest BCUT2D eigenvalue weighted by molar-refractivity contribution is 7.07. The highest BCUT2D eigenvalue weighted by atomic mass is 32.1. The molecule has 3 N–H and O–H groups in total.